The molecule has 0 bridgehead atoms. The highest BCUT2D eigenvalue weighted by molar-refractivity contribution is 5.78. The van der Waals surface area contributed by atoms with Crippen molar-refractivity contribution in [1.29, 1.82) is 0 Å². The maximum atomic E-state index is 12.8. The summed E-state index contributed by atoms with van der Waals surface area (Å²) >= 11 is 0. The maximum absolute atomic E-state index is 12.8. The second-order valence-electron chi connectivity index (χ2n) is 8.51. The Morgan fingerprint density at radius 3 is 2.14 bits per heavy atom. The van der Waals surface area contributed by atoms with Crippen LogP contribution in [0.4, 0.5) is 0 Å². The van der Waals surface area contributed by atoms with Gasteiger partial charge in [0.05, 0.1) is 0 Å². The van der Waals surface area contributed by atoms with Gasteiger partial charge in [0.15, 0.2) is 0 Å². The molecule has 0 aromatic heterocycles. The molecule has 154 valence electrons. The molecule has 2 aliphatic heterocycles. The molecule has 0 atom stereocenters. The molecule has 4 heteroatoms. The van der Waals surface area contributed by atoms with Gasteiger partial charge in [0, 0.05) is 25.6 Å². The Hall–Kier alpha value is -2.17. The lowest BCUT2D eigenvalue weighted by atomic mass is 9.95. The van der Waals surface area contributed by atoms with Crippen molar-refractivity contribution in [1.82, 2.24) is 15.1 Å². The number of carbonyl (C=O) groups excluding carboxylic acids is 1. The number of rotatable bonds is 7. The number of benzene rings is 2. The van der Waals surface area contributed by atoms with E-state index in [-0.39, 0.29) is 11.8 Å². The summed E-state index contributed by atoms with van der Waals surface area (Å²) in [5.41, 5.74) is 3.96. The van der Waals surface area contributed by atoms with E-state index in [1.165, 1.54) is 42.6 Å². The predicted octanol–water partition coefficient (Wildman–Crippen LogP) is 3.81. The van der Waals surface area contributed by atoms with Crippen LogP contribution in [0.5, 0.6) is 0 Å². The van der Waals surface area contributed by atoms with E-state index >= 15 is 0 Å². The third-order valence-electron chi connectivity index (χ3n) is 6.37. The number of piperidine rings is 1. The molecule has 1 N–H and O–H groups in total. The van der Waals surface area contributed by atoms with Gasteiger partial charge in [0.1, 0.15) is 0 Å². The molecular weight excluding hydrogens is 358 g/mol. The van der Waals surface area contributed by atoms with Crippen molar-refractivity contribution >= 4 is 5.91 Å². The molecule has 0 unspecified atom stereocenters. The molecule has 4 nitrogen and oxygen atoms in total. The smallest absolute Gasteiger partial charge is 0.223 e. The SMILES string of the molecule is O=C(NCc1ccccc1CN1CCCC1)C1CCN(Cc2ccccc2)CC1. The Balaban J connectivity index is 1.24. The molecular formula is C25H33N3O. The van der Waals surface area contributed by atoms with Crippen molar-refractivity contribution in [3.8, 4) is 0 Å². The van der Waals surface area contributed by atoms with Crippen LogP contribution in [-0.4, -0.2) is 41.9 Å². The molecule has 4 rings (SSSR count). The van der Waals surface area contributed by atoms with Gasteiger partial charge in [0.2, 0.25) is 5.91 Å². The zero-order chi connectivity index (χ0) is 19.9. The zero-order valence-corrected chi connectivity index (χ0v) is 17.4. The third-order valence-corrected chi connectivity index (χ3v) is 6.37. The van der Waals surface area contributed by atoms with E-state index < -0.39 is 0 Å². The van der Waals surface area contributed by atoms with Gasteiger partial charge >= 0.3 is 0 Å². The van der Waals surface area contributed by atoms with Crippen molar-refractivity contribution in [2.75, 3.05) is 26.2 Å². The molecule has 2 aromatic rings. The minimum atomic E-state index is 0.146. The van der Waals surface area contributed by atoms with Crippen LogP contribution in [0.15, 0.2) is 54.6 Å². The van der Waals surface area contributed by atoms with Crippen LogP contribution in [0.25, 0.3) is 0 Å². The first kappa shape index (κ1) is 20.1. The van der Waals surface area contributed by atoms with Crippen LogP contribution in [-0.2, 0) is 24.4 Å². The van der Waals surface area contributed by atoms with Gasteiger partial charge in [-0.15, -0.1) is 0 Å². The van der Waals surface area contributed by atoms with E-state index in [0.29, 0.717) is 6.54 Å². The van der Waals surface area contributed by atoms with Crippen LogP contribution >= 0.6 is 0 Å². The fourth-order valence-corrected chi connectivity index (χ4v) is 4.59. The summed E-state index contributed by atoms with van der Waals surface area (Å²) in [4.78, 5) is 17.7. The predicted molar refractivity (Wildman–Crippen MR) is 117 cm³/mol. The molecule has 2 aliphatic rings. The van der Waals surface area contributed by atoms with Gasteiger partial charge in [-0.2, -0.15) is 0 Å². The lowest BCUT2D eigenvalue weighted by Gasteiger charge is -2.31. The first-order chi connectivity index (χ1) is 14.3. The van der Waals surface area contributed by atoms with Crippen molar-refractivity contribution in [3.63, 3.8) is 0 Å². The van der Waals surface area contributed by atoms with Crippen LogP contribution in [0.2, 0.25) is 0 Å². The number of nitrogens with zero attached hydrogens (tertiary/aromatic N) is 2. The van der Waals surface area contributed by atoms with Crippen LogP contribution in [0, 0.1) is 5.92 Å². The summed E-state index contributed by atoms with van der Waals surface area (Å²) < 4.78 is 0. The lowest BCUT2D eigenvalue weighted by molar-refractivity contribution is -0.126. The molecule has 2 heterocycles. The Labute approximate surface area is 174 Å². The molecule has 0 spiro atoms. The van der Waals surface area contributed by atoms with Gasteiger partial charge in [-0.1, -0.05) is 54.6 Å². The summed E-state index contributed by atoms with van der Waals surface area (Å²) in [7, 11) is 0. The summed E-state index contributed by atoms with van der Waals surface area (Å²) in [5.74, 6) is 0.369. The first-order valence-electron chi connectivity index (χ1n) is 11.1. The summed E-state index contributed by atoms with van der Waals surface area (Å²) in [6.45, 7) is 7.03. The fraction of sp³-hybridized carbons (Fsp3) is 0.480. The maximum Gasteiger partial charge on any atom is 0.223 e. The Morgan fingerprint density at radius 1 is 0.793 bits per heavy atom. The van der Waals surface area contributed by atoms with Crippen molar-refractivity contribution in [3.05, 3.63) is 71.3 Å². The number of hydrogen-bond donors (Lipinski definition) is 1. The normalized spacial score (nSPS) is 18.8. The first-order valence-corrected chi connectivity index (χ1v) is 11.1. The summed E-state index contributed by atoms with van der Waals surface area (Å²) in [6, 6.07) is 19.2. The lowest BCUT2D eigenvalue weighted by Crippen LogP contribution is -2.40. The minimum Gasteiger partial charge on any atom is -0.352 e. The Kier molecular flexibility index (Phi) is 6.96. The van der Waals surface area contributed by atoms with E-state index in [9.17, 15) is 4.79 Å². The number of likely N-dealkylation sites (tertiary alicyclic amines) is 2. The van der Waals surface area contributed by atoms with E-state index in [0.717, 1.165) is 39.0 Å². The van der Waals surface area contributed by atoms with Crippen molar-refractivity contribution in [2.24, 2.45) is 5.92 Å². The molecule has 0 radical (unpaired) electrons. The van der Waals surface area contributed by atoms with Crippen LogP contribution in [0.3, 0.4) is 0 Å². The van der Waals surface area contributed by atoms with Crippen molar-refractivity contribution in [2.45, 2.75) is 45.3 Å². The second kappa shape index (κ2) is 10.0. The highest BCUT2D eigenvalue weighted by Gasteiger charge is 2.25. The highest BCUT2D eigenvalue weighted by atomic mass is 16.1. The van der Waals surface area contributed by atoms with Crippen molar-refractivity contribution < 1.29 is 4.79 Å². The fourth-order valence-electron chi connectivity index (χ4n) is 4.59. The molecule has 0 saturated carbocycles. The monoisotopic (exact) mass is 391 g/mol. The zero-order valence-electron chi connectivity index (χ0n) is 17.4. The second-order valence-corrected chi connectivity index (χ2v) is 8.51. The molecule has 29 heavy (non-hydrogen) atoms. The largest absolute Gasteiger partial charge is 0.352 e. The topological polar surface area (TPSA) is 35.6 Å². The quantitative estimate of drug-likeness (QED) is 0.780. The van der Waals surface area contributed by atoms with Crippen LogP contribution in [0.1, 0.15) is 42.4 Å². The molecule has 1 amide bonds. The van der Waals surface area contributed by atoms with E-state index in [4.69, 9.17) is 0 Å². The van der Waals surface area contributed by atoms with E-state index in [1.807, 2.05) is 0 Å². The number of amides is 1. The Bertz CT molecular complexity index is 778. The van der Waals surface area contributed by atoms with Gasteiger partial charge < -0.3 is 5.32 Å². The van der Waals surface area contributed by atoms with E-state index in [1.54, 1.807) is 0 Å². The molecule has 0 aliphatic carbocycles. The average Bonchev–Trinajstić information content (AvgIpc) is 3.27. The number of nitrogens with one attached hydrogen (secondary N) is 1. The third kappa shape index (κ3) is 5.68. The summed E-state index contributed by atoms with van der Waals surface area (Å²) in [6.07, 6.45) is 4.52. The molecule has 2 aromatic carbocycles. The summed E-state index contributed by atoms with van der Waals surface area (Å²) in [5, 5.41) is 3.22. The Morgan fingerprint density at radius 2 is 1.41 bits per heavy atom. The molecule has 2 saturated heterocycles. The van der Waals surface area contributed by atoms with E-state index in [2.05, 4.69) is 69.7 Å². The minimum absolute atomic E-state index is 0.146. The van der Waals surface area contributed by atoms with Gasteiger partial charge in [-0.3, -0.25) is 14.6 Å². The van der Waals surface area contributed by atoms with Gasteiger partial charge in [-0.05, 0) is 68.6 Å². The van der Waals surface area contributed by atoms with Gasteiger partial charge in [0.25, 0.3) is 0 Å². The van der Waals surface area contributed by atoms with Crippen LogP contribution < -0.4 is 5.32 Å². The number of carbonyl (C=O) groups is 1. The number of hydrogen-bond acceptors (Lipinski definition) is 3. The van der Waals surface area contributed by atoms with Gasteiger partial charge in [-0.25, -0.2) is 0 Å². The highest BCUT2D eigenvalue weighted by Crippen LogP contribution is 2.20. The average molecular weight is 392 g/mol. The standard InChI is InChI=1S/C25H33N3O/c29-25(22-12-16-28(17-13-22)19-21-8-2-1-3-9-21)26-18-23-10-4-5-11-24(23)20-27-14-6-7-15-27/h1-5,8-11,22H,6-7,12-20H2,(H,26,29). The molecule has 2 fully saturated rings.